The smallest absolute Gasteiger partial charge is 0.232 e. The highest BCUT2D eigenvalue weighted by Crippen LogP contribution is 2.30. The van der Waals surface area contributed by atoms with Crippen LogP contribution in [0, 0.1) is 0 Å². The van der Waals surface area contributed by atoms with Gasteiger partial charge >= 0.3 is 0 Å². The van der Waals surface area contributed by atoms with E-state index in [9.17, 15) is 45.3 Å². The number of aliphatic hydroxyl groups is 7. The lowest BCUT2D eigenvalue weighted by Crippen LogP contribution is -2.60. The van der Waals surface area contributed by atoms with E-state index in [2.05, 4.69) is 0 Å². The van der Waals surface area contributed by atoms with Crippen molar-refractivity contribution in [3.8, 4) is 0 Å². The summed E-state index contributed by atoms with van der Waals surface area (Å²) in [7, 11) is 0. The van der Waals surface area contributed by atoms with E-state index in [4.69, 9.17) is 18.9 Å². The highest BCUT2D eigenvalue weighted by atomic mass is 16.7. The fourth-order valence-corrected chi connectivity index (χ4v) is 3.83. The Bertz CT molecular complexity index is 977. The summed E-state index contributed by atoms with van der Waals surface area (Å²) in [5, 5.41) is 70.2. The molecule has 0 spiro atoms. The number of ether oxygens (including phenoxy) is 4. The number of Topliss-reactive ketones (excluding diaryl/α,β-unsaturated/α-hetero) is 2. The SMILES string of the molecule is O=C1C(O)=C(O[C@@H]2O[C@H](CO[C@@H]3OC[C@@H](O)[C@H](O)[C@H]3O)[C@@H](O)[C@H](O)[C@H]2O)C(=O)c2ccccc21. The van der Waals surface area contributed by atoms with Gasteiger partial charge in [0.05, 0.1) is 13.2 Å². The van der Waals surface area contributed by atoms with E-state index in [-0.39, 0.29) is 17.7 Å². The number of carbonyl (C=O) groups is 2. The molecule has 13 heteroatoms. The van der Waals surface area contributed by atoms with E-state index in [1.807, 2.05) is 0 Å². The Morgan fingerprint density at radius 1 is 0.824 bits per heavy atom. The molecule has 4 rings (SSSR count). The van der Waals surface area contributed by atoms with Crippen molar-refractivity contribution in [3.63, 3.8) is 0 Å². The van der Waals surface area contributed by atoms with Crippen LogP contribution in [0.4, 0.5) is 0 Å². The summed E-state index contributed by atoms with van der Waals surface area (Å²) in [6.45, 7) is -0.884. The highest BCUT2D eigenvalue weighted by molar-refractivity contribution is 6.25. The quantitative estimate of drug-likeness (QED) is 0.224. The van der Waals surface area contributed by atoms with Crippen LogP contribution in [0.2, 0.25) is 0 Å². The fourth-order valence-electron chi connectivity index (χ4n) is 3.83. The zero-order valence-corrected chi connectivity index (χ0v) is 17.5. The standard InChI is InChI=1S/C21H24O13/c22-9-5-31-20(17(29)13(9)25)32-6-10-14(26)15(27)18(30)21(33-10)34-19-12(24)8-4-2-1-3-7(8)11(23)16(19)28/h1-4,9-10,13-15,17-18,20-22,25-30H,5-6H2/t9-,10-,13+,14-,15+,17-,18-,20+,21+/m1/s1. The number of allylic oxidation sites excluding steroid dienone is 2. The second-order valence-electron chi connectivity index (χ2n) is 8.10. The number of hydrogen-bond acceptors (Lipinski definition) is 13. The van der Waals surface area contributed by atoms with Gasteiger partial charge < -0.3 is 54.7 Å². The first-order chi connectivity index (χ1) is 16.1. The van der Waals surface area contributed by atoms with Gasteiger partial charge in [0, 0.05) is 11.1 Å². The number of fused-ring (bicyclic) bond motifs is 1. The van der Waals surface area contributed by atoms with Crippen LogP contribution in [0.15, 0.2) is 35.8 Å². The van der Waals surface area contributed by atoms with E-state index in [0.717, 1.165) is 0 Å². The summed E-state index contributed by atoms with van der Waals surface area (Å²) in [4.78, 5) is 25.2. The van der Waals surface area contributed by atoms with Gasteiger partial charge in [0.2, 0.25) is 29.4 Å². The third-order valence-corrected chi connectivity index (χ3v) is 5.83. The van der Waals surface area contributed by atoms with Gasteiger partial charge in [-0.15, -0.1) is 0 Å². The molecular weight excluding hydrogens is 460 g/mol. The van der Waals surface area contributed by atoms with E-state index in [1.54, 1.807) is 0 Å². The summed E-state index contributed by atoms with van der Waals surface area (Å²) < 4.78 is 21.1. The largest absolute Gasteiger partial charge is 0.501 e. The zero-order valence-electron chi connectivity index (χ0n) is 17.5. The summed E-state index contributed by atoms with van der Waals surface area (Å²) >= 11 is 0. The van der Waals surface area contributed by atoms with Gasteiger partial charge in [-0.05, 0) is 0 Å². The molecule has 2 heterocycles. The number of benzene rings is 1. The van der Waals surface area contributed by atoms with Crippen LogP contribution >= 0.6 is 0 Å². The van der Waals surface area contributed by atoms with E-state index < -0.39 is 85.0 Å². The minimum atomic E-state index is -1.89. The van der Waals surface area contributed by atoms with Crippen LogP contribution < -0.4 is 0 Å². The van der Waals surface area contributed by atoms with Gasteiger partial charge in [0.15, 0.2) is 6.29 Å². The summed E-state index contributed by atoms with van der Waals surface area (Å²) in [6.07, 6.45) is -14.6. The van der Waals surface area contributed by atoms with Gasteiger partial charge in [-0.3, -0.25) is 9.59 Å². The Hall–Kier alpha value is -2.46. The number of hydrogen-bond donors (Lipinski definition) is 7. The van der Waals surface area contributed by atoms with Crippen molar-refractivity contribution < 1.29 is 64.3 Å². The molecule has 0 unspecified atom stereocenters. The molecule has 0 radical (unpaired) electrons. The van der Waals surface area contributed by atoms with Gasteiger partial charge in [-0.2, -0.15) is 0 Å². The average molecular weight is 484 g/mol. The van der Waals surface area contributed by atoms with Gasteiger partial charge in [-0.1, -0.05) is 24.3 Å². The molecule has 0 saturated carbocycles. The lowest BCUT2D eigenvalue weighted by molar-refractivity contribution is -0.314. The van der Waals surface area contributed by atoms with Crippen molar-refractivity contribution in [2.75, 3.05) is 13.2 Å². The van der Waals surface area contributed by atoms with Crippen molar-refractivity contribution >= 4 is 11.6 Å². The third kappa shape index (κ3) is 4.33. The molecule has 186 valence electrons. The molecule has 2 saturated heterocycles. The number of ketones is 2. The van der Waals surface area contributed by atoms with Crippen LogP contribution in [0.5, 0.6) is 0 Å². The molecule has 0 bridgehead atoms. The summed E-state index contributed by atoms with van der Waals surface area (Å²) in [5.74, 6) is -3.57. The first-order valence-electron chi connectivity index (χ1n) is 10.4. The molecule has 1 aromatic carbocycles. The van der Waals surface area contributed by atoms with Gasteiger partial charge in [0.1, 0.15) is 42.7 Å². The molecule has 3 aliphatic rings. The number of carbonyl (C=O) groups excluding carboxylic acids is 2. The Balaban J connectivity index is 1.48. The number of aliphatic hydroxyl groups excluding tert-OH is 7. The van der Waals surface area contributed by atoms with Crippen LogP contribution in [-0.2, 0) is 18.9 Å². The highest BCUT2D eigenvalue weighted by Gasteiger charge is 2.48. The molecule has 1 aromatic rings. The predicted molar refractivity (Wildman–Crippen MR) is 106 cm³/mol. The van der Waals surface area contributed by atoms with Crippen molar-refractivity contribution in [3.05, 3.63) is 46.9 Å². The van der Waals surface area contributed by atoms with Gasteiger partial charge in [-0.25, -0.2) is 0 Å². The Morgan fingerprint density at radius 2 is 1.44 bits per heavy atom. The maximum absolute atomic E-state index is 12.7. The van der Waals surface area contributed by atoms with Crippen LogP contribution in [0.25, 0.3) is 0 Å². The molecule has 13 nitrogen and oxygen atoms in total. The maximum Gasteiger partial charge on any atom is 0.232 e. The molecule has 1 aliphatic carbocycles. The first kappa shape index (κ1) is 24.7. The molecule has 34 heavy (non-hydrogen) atoms. The first-order valence-corrected chi connectivity index (χ1v) is 10.4. The molecular formula is C21H24O13. The summed E-state index contributed by atoms with van der Waals surface area (Å²) in [6, 6.07) is 5.70. The predicted octanol–water partition coefficient (Wildman–Crippen LogP) is -2.88. The lowest BCUT2D eigenvalue weighted by Gasteiger charge is -2.41. The van der Waals surface area contributed by atoms with Crippen molar-refractivity contribution in [1.29, 1.82) is 0 Å². The van der Waals surface area contributed by atoms with Crippen molar-refractivity contribution in [1.82, 2.24) is 0 Å². The Morgan fingerprint density at radius 3 is 2.12 bits per heavy atom. The fraction of sp³-hybridized carbons (Fsp3) is 0.524. The van der Waals surface area contributed by atoms with Crippen molar-refractivity contribution in [2.24, 2.45) is 0 Å². The Labute approximate surface area is 192 Å². The minimum Gasteiger partial charge on any atom is -0.501 e. The minimum absolute atomic E-state index is 0.0393. The lowest BCUT2D eigenvalue weighted by atomic mass is 9.92. The molecule has 7 N–H and O–H groups in total. The van der Waals surface area contributed by atoms with Gasteiger partial charge in [0.25, 0.3) is 0 Å². The topological polar surface area (TPSA) is 213 Å². The van der Waals surface area contributed by atoms with E-state index in [1.165, 1.54) is 24.3 Å². The zero-order chi connectivity index (χ0) is 24.7. The molecule has 9 atom stereocenters. The monoisotopic (exact) mass is 484 g/mol. The van der Waals surface area contributed by atoms with E-state index >= 15 is 0 Å². The van der Waals surface area contributed by atoms with Crippen LogP contribution in [0.3, 0.4) is 0 Å². The molecule has 0 amide bonds. The van der Waals surface area contributed by atoms with Crippen LogP contribution in [0.1, 0.15) is 20.7 Å². The van der Waals surface area contributed by atoms with Crippen LogP contribution in [-0.4, -0.2) is 116 Å². The molecule has 0 aromatic heterocycles. The Kier molecular flexibility index (Phi) is 7.00. The number of rotatable bonds is 5. The second-order valence-corrected chi connectivity index (χ2v) is 8.10. The van der Waals surface area contributed by atoms with E-state index in [0.29, 0.717) is 0 Å². The molecule has 2 fully saturated rings. The maximum atomic E-state index is 12.7. The molecule has 2 aliphatic heterocycles. The second kappa shape index (κ2) is 9.65. The third-order valence-electron chi connectivity index (χ3n) is 5.83. The summed E-state index contributed by atoms with van der Waals surface area (Å²) in [5.41, 5.74) is -0.0854. The normalized spacial score (nSPS) is 38.6. The average Bonchev–Trinajstić information content (AvgIpc) is 2.84. The van der Waals surface area contributed by atoms with Crippen molar-refractivity contribution in [2.45, 2.75) is 55.3 Å².